The van der Waals surface area contributed by atoms with E-state index in [2.05, 4.69) is 10.0 Å². The van der Waals surface area contributed by atoms with Crippen molar-refractivity contribution in [1.29, 1.82) is 0 Å². The summed E-state index contributed by atoms with van der Waals surface area (Å²) in [5, 5.41) is 33.9. The van der Waals surface area contributed by atoms with Crippen molar-refractivity contribution in [2.45, 2.75) is 37.1 Å². The fraction of sp³-hybridized carbons (Fsp3) is 0.381. The lowest BCUT2D eigenvalue weighted by Crippen LogP contribution is -2.59. The van der Waals surface area contributed by atoms with Gasteiger partial charge >= 0.3 is 5.97 Å². The van der Waals surface area contributed by atoms with E-state index in [1.54, 1.807) is 36.4 Å². The number of methoxy groups -OCH3 is 1. The predicted molar refractivity (Wildman–Crippen MR) is 109 cm³/mol. The number of benzene rings is 2. The Morgan fingerprint density at radius 2 is 1.90 bits per heavy atom. The van der Waals surface area contributed by atoms with Gasteiger partial charge in [-0.15, -0.1) is 0 Å². The second-order valence-corrected chi connectivity index (χ2v) is 7.00. The lowest BCUT2D eigenvalue weighted by atomic mass is 9.98. The second-order valence-electron chi connectivity index (χ2n) is 7.00. The first-order valence-electron chi connectivity index (χ1n) is 9.57. The SMILES string of the molecule is COC(=O)Cc1cccc(-c2ccccc2O[C@@H]2O[C@H](CN=[N+]=[N-])[C@@H](O)[C@H](O)[C@@H]2O)c1. The van der Waals surface area contributed by atoms with Gasteiger partial charge < -0.3 is 29.5 Å². The maximum absolute atomic E-state index is 11.6. The maximum Gasteiger partial charge on any atom is 0.309 e. The number of carbonyl (C=O) groups excluding carboxylic acids is 1. The van der Waals surface area contributed by atoms with Crippen molar-refractivity contribution in [2.24, 2.45) is 5.11 Å². The highest BCUT2D eigenvalue weighted by Gasteiger charge is 2.44. The smallest absolute Gasteiger partial charge is 0.309 e. The number of rotatable bonds is 7. The third kappa shape index (κ3) is 5.32. The van der Waals surface area contributed by atoms with Gasteiger partial charge in [0, 0.05) is 10.5 Å². The van der Waals surface area contributed by atoms with Crippen LogP contribution >= 0.6 is 0 Å². The van der Waals surface area contributed by atoms with Crippen molar-refractivity contribution in [2.75, 3.05) is 13.7 Å². The van der Waals surface area contributed by atoms with Gasteiger partial charge in [0.1, 0.15) is 24.1 Å². The monoisotopic (exact) mass is 429 g/mol. The van der Waals surface area contributed by atoms with Gasteiger partial charge in [-0.1, -0.05) is 47.6 Å². The van der Waals surface area contributed by atoms with Crippen LogP contribution in [0, 0.1) is 0 Å². The molecular weight excluding hydrogens is 406 g/mol. The molecule has 0 aliphatic carbocycles. The molecule has 10 heteroatoms. The van der Waals surface area contributed by atoms with Crippen LogP contribution in [0.4, 0.5) is 0 Å². The van der Waals surface area contributed by atoms with E-state index in [1.165, 1.54) is 7.11 Å². The van der Waals surface area contributed by atoms with Crippen LogP contribution in [-0.2, 0) is 20.7 Å². The van der Waals surface area contributed by atoms with Gasteiger partial charge in [-0.05, 0) is 22.7 Å². The van der Waals surface area contributed by atoms with E-state index in [0.29, 0.717) is 11.3 Å². The Labute approximate surface area is 178 Å². The number of aliphatic hydroxyl groups excluding tert-OH is 3. The van der Waals surface area contributed by atoms with Gasteiger partial charge in [-0.2, -0.15) is 0 Å². The highest BCUT2D eigenvalue weighted by Crippen LogP contribution is 2.33. The molecule has 0 radical (unpaired) electrons. The number of para-hydroxylation sites is 1. The van der Waals surface area contributed by atoms with Gasteiger partial charge in [0.05, 0.1) is 26.2 Å². The van der Waals surface area contributed by atoms with Crippen molar-refractivity contribution in [3.8, 4) is 16.9 Å². The first-order chi connectivity index (χ1) is 14.9. The minimum atomic E-state index is -1.55. The molecule has 1 aliphatic heterocycles. The zero-order chi connectivity index (χ0) is 22.4. The fourth-order valence-corrected chi connectivity index (χ4v) is 3.30. The number of azide groups is 1. The molecule has 1 saturated heterocycles. The third-order valence-electron chi connectivity index (χ3n) is 4.94. The van der Waals surface area contributed by atoms with E-state index in [1.807, 2.05) is 12.1 Å². The van der Waals surface area contributed by atoms with Crippen molar-refractivity contribution in [3.05, 3.63) is 64.5 Å². The van der Waals surface area contributed by atoms with Crippen LogP contribution in [0.2, 0.25) is 0 Å². The third-order valence-corrected chi connectivity index (χ3v) is 4.94. The second kappa shape index (κ2) is 10.3. The number of nitrogens with zero attached hydrogens (tertiary/aromatic N) is 3. The average molecular weight is 429 g/mol. The van der Waals surface area contributed by atoms with E-state index in [0.717, 1.165) is 11.1 Å². The van der Waals surface area contributed by atoms with Gasteiger partial charge in [0.25, 0.3) is 0 Å². The van der Waals surface area contributed by atoms with E-state index < -0.39 is 30.7 Å². The van der Waals surface area contributed by atoms with Gasteiger partial charge in [-0.3, -0.25) is 4.79 Å². The summed E-state index contributed by atoms with van der Waals surface area (Å²) in [6.45, 7) is -0.238. The molecule has 10 nitrogen and oxygen atoms in total. The molecule has 0 spiro atoms. The molecular formula is C21H23N3O7. The largest absolute Gasteiger partial charge is 0.469 e. The quantitative estimate of drug-likeness (QED) is 0.261. The average Bonchev–Trinajstić information content (AvgIpc) is 2.79. The molecule has 0 unspecified atom stereocenters. The van der Waals surface area contributed by atoms with Crippen molar-refractivity contribution in [3.63, 3.8) is 0 Å². The highest BCUT2D eigenvalue weighted by atomic mass is 16.7. The molecule has 2 aromatic carbocycles. The topological polar surface area (TPSA) is 154 Å². The van der Waals surface area contributed by atoms with Crippen molar-refractivity contribution >= 4 is 5.97 Å². The first-order valence-corrected chi connectivity index (χ1v) is 9.57. The van der Waals surface area contributed by atoms with Crippen LogP contribution in [0.25, 0.3) is 21.6 Å². The zero-order valence-corrected chi connectivity index (χ0v) is 16.7. The summed E-state index contributed by atoms with van der Waals surface area (Å²) in [4.78, 5) is 14.2. The Kier molecular flexibility index (Phi) is 7.45. The van der Waals surface area contributed by atoms with Crippen LogP contribution in [-0.4, -0.2) is 65.6 Å². The molecule has 5 atom stereocenters. The molecule has 164 valence electrons. The minimum absolute atomic E-state index is 0.114. The number of aliphatic hydroxyl groups is 3. The molecule has 2 aromatic rings. The Balaban J connectivity index is 1.86. The molecule has 3 N–H and O–H groups in total. The number of ether oxygens (including phenoxy) is 3. The van der Waals surface area contributed by atoms with Crippen LogP contribution in [0.3, 0.4) is 0 Å². The number of hydrogen-bond acceptors (Lipinski definition) is 8. The highest BCUT2D eigenvalue weighted by molar-refractivity contribution is 5.75. The predicted octanol–water partition coefficient (Wildman–Crippen LogP) is 1.57. The van der Waals surface area contributed by atoms with Gasteiger partial charge in [0.15, 0.2) is 0 Å². The lowest BCUT2D eigenvalue weighted by molar-refractivity contribution is -0.269. The Morgan fingerprint density at radius 1 is 1.13 bits per heavy atom. The summed E-state index contributed by atoms with van der Waals surface area (Å²) in [6.07, 6.45) is -6.76. The maximum atomic E-state index is 11.6. The van der Waals surface area contributed by atoms with Crippen LogP contribution < -0.4 is 4.74 Å². The molecule has 3 rings (SSSR count). The lowest BCUT2D eigenvalue weighted by Gasteiger charge is -2.40. The Bertz CT molecular complexity index is 963. The normalized spacial score (nSPS) is 25.4. The van der Waals surface area contributed by atoms with E-state index in [-0.39, 0.29) is 18.9 Å². The van der Waals surface area contributed by atoms with Crippen LogP contribution in [0.1, 0.15) is 5.56 Å². The molecule has 1 fully saturated rings. The van der Waals surface area contributed by atoms with Crippen LogP contribution in [0.5, 0.6) is 5.75 Å². The number of hydrogen-bond donors (Lipinski definition) is 3. The Hall–Kier alpha value is -3.14. The number of carbonyl (C=O) groups is 1. The summed E-state index contributed by atoms with van der Waals surface area (Å²) in [5.41, 5.74) is 10.7. The van der Waals surface area contributed by atoms with Crippen LogP contribution in [0.15, 0.2) is 53.6 Å². The zero-order valence-electron chi connectivity index (χ0n) is 16.7. The van der Waals surface area contributed by atoms with Crippen molar-refractivity contribution in [1.82, 2.24) is 0 Å². The summed E-state index contributed by atoms with van der Waals surface area (Å²) in [5.74, 6) is -0.00748. The summed E-state index contributed by atoms with van der Waals surface area (Å²) in [7, 11) is 1.32. The molecule has 0 bridgehead atoms. The first kappa shape index (κ1) is 22.5. The minimum Gasteiger partial charge on any atom is -0.469 e. The summed E-state index contributed by atoms with van der Waals surface area (Å²) < 4.78 is 16.1. The molecule has 0 saturated carbocycles. The summed E-state index contributed by atoms with van der Waals surface area (Å²) in [6, 6.07) is 14.3. The van der Waals surface area contributed by atoms with E-state index in [9.17, 15) is 20.1 Å². The molecule has 1 heterocycles. The standard InChI is InChI=1S/C21H23N3O7/c1-29-17(25)10-12-5-4-6-13(9-12)14-7-2-3-8-15(14)30-21-20(28)19(27)18(26)16(31-21)11-23-24-22/h2-9,16,18-21,26-28H,10-11H2,1H3/t16-,18-,19+,20+,21-/m1/s1. The molecule has 0 aromatic heterocycles. The van der Waals surface area contributed by atoms with Crippen molar-refractivity contribution < 1.29 is 34.3 Å². The van der Waals surface area contributed by atoms with Gasteiger partial charge in [0.2, 0.25) is 6.29 Å². The van der Waals surface area contributed by atoms with E-state index in [4.69, 9.17) is 19.7 Å². The molecule has 1 aliphatic rings. The summed E-state index contributed by atoms with van der Waals surface area (Å²) >= 11 is 0. The Morgan fingerprint density at radius 3 is 2.65 bits per heavy atom. The van der Waals surface area contributed by atoms with Gasteiger partial charge in [-0.25, -0.2) is 0 Å². The number of esters is 1. The molecule has 31 heavy (non-hydrogen) atoms. The molecule has 0 amide bonds. The fourth-order valence-electron chi connectivity index (χ4n) is 3.30. The van der Waals surface area contributed by atoms with E-state index >= 15 is 0 Å².